The van der Waals surface area contributed by atoms with Gasteiger partial charge in [0.25, 0.3) is 0 Å². The molecule has 1 fully saturated rings. The lowest BCUT2D eigenvalue weighted by Crippen LogP contribution is -2.59. The molecular weight excluding hydrogens is 436 g/mol. The van der Waals surface area contributed by atoms with Crippen molar-refractivity contribution in [3.05, 3.63) is 69.7 Å². The first-order chi connectivity index (χ1) is 13.2. The van der Waals surface area contributed by atoms with E-state index in [1.807, 2.05) is 0 Å². The quantitative estimate of drug-likeness (QED) is 0.735. The number of benzene rings is 2. The lowest BCUT2D eigenvalue weighted by atomic mass is 9.73. The van der Waals surface area contributed by atoms with Crippen LogP contribution in [0.5, 0.6) is 0 Å². The van der Waals surface area contributed by atoms with E-state index in [1.165, 1.54) is 49.4 Å². The topological polar surface area (TPSA) is 75.6 Å². The number of carboxylic acids is 1. The standard InChI is InChI=1S/C20H18BrF2NO4/c1-11(25)24-20(15-8-13(21)4-7-17(15)23)10-28-18(9-16(20)19(26)27)12-2-5-14(22)6-3-12/h2-8,16,18H,9-10H2,1H3,(H,24,25)(H,26,27)/t16-,18+,20+/m0/s1. The summed E-state index contributed by atoms with van der Waals surface area (Å²) < 4.78 is 34.3. The Labute approximate surface area is 168 Å². The Morgan fingerprint density at radius 3 is 2.50 bits per heavy atom. The number of halogens is 3. The summed E-state index contributed by atoms with van der Waals surface area (Å²) in [5, 5.41) is 12.5. The Morgan fingerprint density at radius 1 is 1.21 bits per heavy atom. The molecule has 1 amide bonds. The van der Waals surface area contributed by atoms with Crippen molar-refractivity contribution in [3.8, 4) is 0 Å². The third-order valence-corrected chi connectivity index (χ3v) is 5.40. The van der Waals surface area contributed by atoms with Crippen LogP contribution >= 0.6 is 15.9 Å². The van der Waals surface area contributed by atoms with Gasteiger partial charge in [-0.2, -0.15) is 0 Å². The zero-order valence-electron chi connectivity index (χ0n) is 14.9. The fraction of sp³-hybridized carbons (Fsp3) is 0.300. The lowest BCUT2D eigenvalue weighted by Gasteiger charge is -2.45. The van der Waals surface area contributed by atoms with Crippen LogP contribution in [-0.4, -0.2) is 23.6 Å². The highest BCUT2D eigenvalue weighted by molar-refractivity contribution is 9.10. The third kappa shape index (κ3) is 3.93. The largest absolute Gasteiger partial charge is 0.481 e. The molecule has 3 atom stereocenters. The average molecular weight is 454 g/mol. The van der Waals surface area contributed by atoms with E-state index in [0.717, 1.165) is 0 Å². The van der Waals surface area contributed by atoms with Crippen LogP contribution in [0.25, 0.3) is 0 Å². The number of rotatable bonds is 4. The predicted octanol–water partition coefficient (Wildman–Crippen LogP) is 3.92. The molecule has 1 aliphatic rings. The normalized spacial score (nSPS) is 24.6. The van der Waals surface area contributed by atoms with Crippen LogP contribution in [-0.2, 0) is 19.9 Å². The monoisotopic (exact) mass is 453 g/mol. The first kappa shape index (κ1) is 20.4. The molecule has 5 nitrogen and oxygen atoms in total. The molecule has 0 unspecified atom stereocenters. The van der Waals surface area contributed by atoms with Gasteiger partial charge < -0.3 is 15.2 Å². The van der Waals surface area contributed by atoms with Gasteiger partial charge in [0, 0.05) is 17.0 Å². The van der Waals surface area contributed by atoms with Crippen LogP contribution in [0, 0.1) is 17.6 Å². The van der Waals surface area contributed by atoms with E-state index in [2.05, 4.69) is 21.2 Å². The molecule has 2 aromatic rings. The molecule has 0 aliphatic carbocycles. The fourth-order valence-corrected chi connectivity index (χ4v) is 4.01. The fourth-order valence-electron chi connectivity index (χ4n) is 3.65. The maximum atomic E-state index is 14.7. The molecular formula is C20H18BrF2NO4. The molecule has 0 radical (unpaired) electrons. The van der Waals surface area contributed by atoms with Crippen molar-refractivity contribution in [1.29, 1.82) is 0 Å². The van der Waals surface area contributed by atoms with E-state index < -0.39 is 41.1 Å². The zero-order chi connectivity index (χ0) is 20.5. The number of nitrogens with one attached hydrogen (secondary N) is 1. The number of carboxylic acid groups (broad SMARTS) is 1. The number of ether oxygens (including phenoxy) is 1. The molecule has 2 N–H and O–H groups in total. The van der Waals surface area contributed by atoms with Gasteiger partial charge in [0.15, 0.2) is 0 Å². The molecule has 1 heterocycles. The molecule has 1 saturated heterocycles. The van der Waals surface area contributed by atoms with Crippen LogP contribution in [0.15, 0.2) is 46.9 Å². The molecule has 3 rings (SSSR count). The van der Waals surface area contributed by atoms with Crippen molar-refractivity contribution in [2.45, 2.75) is 25.0 Å². The molecule has 1 aliphatic heterocycles. The highest BCUT2D eigenvalue weighted by Crippen LogP contribution is 2.44. The highest BCUT2D eigenvalue weighted by Gasteiger charge is 2.51. The third-order valence-electron chi connectivity index (χ3n) is 4.90. The van der Waals surface area contributed by atoms with Gasteiger partial charge in [0.1, 0.15) is 17.2 Å². The highest BCUT2D eigenvalue weighted by atomic mass is 79.9. The van der Waals surface area contributed by atoms with E-state index in [9.17, 15) is 23.5 Å². The van der Waals surface area contributed by atoms with Gasteiger partial charge in [0.2, 0.25) is 5.91 Å². The second-order valence-electron chi connectivity index (χ2n) is 6.75. The molecule has 28 heavy (non-hydrogen) atoms. The summed E-state index contributed by atoms with van der Waals surface area (Å²) in [6.45, 7) is 0.988. The summed E-state index contributed by atoms with van der Waals surface area (Å²) in [4.78, 5) is 24.1. The summed E-state index contributed by atoms with van der Waals surface area (Å²) in [5.41, 5.74) is -0.942. The Bertz CT molecular complexity index is 906. The average Bonchev–Trinajstić information content (AvgIpc) is 2.64. The van der Waals surface area contributed by atoms with Gasteiger partial charge in [-0.15, -0.1) is 0 Å². The maximum absolute atomic E-state index is 14.7. The van der Waals surface area contributed by atoms with Gasteiger partial charge in [-0.1, -0.05) is 28.1 Å². The van der Waals surface area contributed by atoms with Crippen LogP contribution in [0.2, 0.25) is 0 Å². The molecule has 2 aromatic carbocycles. The Kier molecular flexibility index (Phi) is 5.81. The van der Waals surface area contributed by atoms with Gasteiger partial charge in [-0.05, 0) is 42.3 Å². The van der Waals surface area contributed by atoms with Crippen molar-refractivity contribution in [1.82, 2.24) is 5.32 Å². The number of carbonyl (C=O) groups excluding carboxylic acids is 1. The summed E-state index contributed by atoms with van der Waals surface area (Å²) in [7, 11) is 0. The molecule has 8 heteroatoms. The van der Waals surface area contributed by atoms with E-state index in [0.29, 0.717) is 10.0 Å². The Morgan fingerprint density at radius 2 is 1.89 bits per heavy atom. The second kappa shape index (κ2) is 7.97. The first-order valence-electron chi connectivity index (χ1n) is 8.57. The number of hydrogen-bond acceptors (Lipinski definition) is 3. The predicted molar refractivity (Wildman–Crippen MR) is 100 cm³/mol. The van der Waals surface area contributed by atoms with Crippen LogP contribution in [0.4, 0.5) is 8.78 Å². The minimum absolute atomic E-state index is 0.0206. The Balaban J connectivity index is 2.06. The smallest absolute Gasteiger partial charge is 0.309 e. The SMILES string of the molecule is CC(=O)N[C@@]1(c2cc(Br)ccc2F)CO[C@@H](c2ccc(F)cc2)C[C@H]1C(=O)O. The minimum atomic E-state index is -1.58. The molecule has 0 bridgehead atoms. The first-order valence-corrected chi connectivity index (χ1v) is 9.36. The van der Waals surface area contributed by atoms with E-state index in [4.69, 9.17) is 4.74 Å². The van der Waals surface area contributed by atoms with Crippen LogP contribution < -0.4 is 5.32 Å². The maximum Gasteiger partial charge on any atom is 0.309 e. The number of carbonyl (C=O) groups is 2. The van der Waals surface area contributed by atoms with Gasteiger partial charge >= 0.3 is 5.97 Å². The zero-order valence-corrected chi connectivity index (χ0v) is 16.5. The Hall–Kier alpha value is -2.32. The lowest BCUT2D eigenvalue weighted by molar-refractivity contribution is -0.159. The summed E-state index contributed by atoms with van der Waals surface area (Å²) in [6, 6.07) is 9.70. The van der Waals surface area contributed by atoms with Crippen LogP contribution in [0.3, 0.4) is 0 Å². The number of aliphatic carboxylic acids is 1. The number of hydrogen-bond donors (Lipinski definition) is 2. The van der Waals surface area contributed by atoms with E-state index >= 15 is 0 Å². The summed E-state index contributed by atoms with van der Waals surface area (Å²) >= 11 is 3.26. The molecule has 0 aromatic heterocycles. The molecule has 148 valence electrons. The molecule has 0 spiro atoms. The van der Waals surface area contributed by atoms with Crippen molar-refractivity contribution in [3.63, 3.8) is 0 Å². The minimum Gasteiger partial charge on any atom is -0.481 e. The van der Waals surface area contributed by atoms with Crippen molar-refractivity contribution in [2.75, 3.05) is 6.61 Å². The van der Waals surface area contributed by atoms with Crippen molar-refractivity contribution >= 4 is 27.8 Å². The molecule has 0 saturated carbocycles. The van der Waals surface area contributed by atoms with Crippen LogP contribution in [0.1, 0.15) is 30.6 Å². The summed E-state index contributed by atoms with van der Waals surface area (Å²) in [6.07, 6.45) is -0.647. The van der Waals surface area contributed by atoms with E-state index in [1.54, 1.807) is 0 Å². The van der Waals surface area contributed by atoms with Gasteiger partial charge in [-0.25, -0.2) is 8.78 Å². The van der Waals surface area contributed by atoms with Crippen molar-refractivity contribution in [2.24, 2.45) is 5.92 Å². The van der Waals surface area contributed by atoms with Crippen molar-refractivity contribution < 1.29 is 28.2 Å². The second-order valence-corrected chi connectivity index (χ2v) is 7.67. The summed E-state index contributed by atoms with van der Waals surface area (Å²) in [5.74, 6) is -3.92. The van der Waals surface area contributed by atoms with Gasteiger partial charge in [0.05, 0.1) is 18.6 Å². The van der Waals surface area contributed by atoms with E-state index in [-0.39, 0.29) is 18.6 Å². The van der Waals surface area contributed by atoms with Gasteiger partial charge in [-0.3, -0.25) is 9.59 Å². The number of amides is 1.